The van der Waals surface area contributed by atoms with Crippen molar-refractivity contribution < 1.29 is 4.79 Å². The molecular weight excluding hydrogens is 320 g/mol. The Hall–Kier alpha value is -3.28. The van der Waals surface area contributed by atoms with Gasteiger partial charge in [-0.15, -0.1) is 15.3 Å². The number of nitrogens with zero attached hydrogens (tertiary/aromatic N) is 6. The number of fused-ring (bicyclic) bond motifs is 3. The molecule has 4 heterocycles. The fourth-order valence-corrected chi connectivity index (χ4v) is 3.34. The van der Waals surface area contributed by atoms with E-state index in [9.17, 15) is 4.79 Å². The molecule has 25 heavy (non-hydrogen) atoms. The van der Waals surface area contributed by atoms with E-state index in [0.29, 0.717) is 17.8 Å². The molecule has 9 nitrogen and oxygen atoms in total. The number of aromatic amines is 1. The van der Waals surface area contributed by atoms with Crippen LogP contribution in [-0.2, 0) is 4.79 Å². The largest absolute Gasteiger partial charge is 0.368 e. The van der Waals surface area contributed by atoms with Crippen LogP contribution in [-0.4, -0.2) is 50.4 Å². The number of piperidine rings is 1. The van der Waals surface area contributed by atoms with Crippen LogP contribution in [0.4, 0.5) is 5.69 Å². The van der Waals surface area contributed by atoms with E-state index in [1.54, 1.807) is 6.20 Å². The summed E-state index contributed by atoms with van der Waals surface area (Å²) in [6.07, 6.45) is 5.27. The molecule has 1 atom stereocenters. The molecular formula is C16H16N8O. The molecule has 3 aromatic heterocycles. The van der Waals surface area contributed by atoms with E-state index in [0.717, 1.165) is 35.8 Å². The molecule has 1 saturated heterocycles. The second kappa shape index (κ2) is 6.32. The Morgan fingerprint density at radius 2 is 2.36 bits per heavy atom. The van der Waals surface area contributed by atoms with Gasteiger partial charge in [-0.25, -0.2) is 0 Å². The van der Waals surface area contributed by atoms with E-state index in [4.69, 9.17) is 5.26 Å². The molecule has 2 N–H and O–H groups in total. The predicted octanol–water partition coefficient (Wildman–Crippen LogP) is 0.900. The summed E-state index contributed by atoms with van der Waals surface area (Å²) in [6.45, 7) is 1.52. The molecule has 0 spiro atoms. The van der Waals surface area contributed by atoms with Crippen LogP contribution >= 0.6 is 0 Å². The zero-order chi connectivity index (χ0) is 17.2. The van der Waals surface area contributed by atoms with Crippen molar-refractivity contribution in [2.75, 3.05) is 18.0 Å². The summed E-state index contributed by atoms with van der Waals surface area (Å²) in [5.41, 5.74) is 2.14. The lowest BCUT2D eigenvalue weighted by atomic mass is 10.0. The number of anilines is 1. The van der Waals surface area contributed by atoms with E-state index in [2.05, 4.69) is 35.6 Å². The number of amides is 1. The number of aromatic nitrogens is 5. The third-order valence-corrected chi connectivity index (χ3v) is 4.42. The molecule has 1 fully saturated rings. The first-order valence-electron chi connectivity index (χ1n) is 8.12. The Labute approximate surface area is 143 Å². The molecule has 0 saturated carbocycles. The Bertz CT molecular complexity index is 975. The molecule has 1 amide bonds. The minimum absolute atomic E-state index is 0.00864. The van der Waals surface area contributed by atoms with E-state index in [1.165, 1.54) is 0 Å². The number of H-pyrrole nitrogens is 1. The van der Waals surface area contributed by atoms with Crippen molar-refractivity contribution in [2.45, 2.75) is 25.3 Å². The summed E-state index contributed by atoms with van der Waals surface area (Å²) in [5.74, 6) is -0.231. The van der Waals surface area contributed by atoms with Gasteiger partial charge in [-0.3, -0.25) is 4.79 Å². The van der Waals surface area contributed by atoms with Crippen molar-refractivity contribution in [3.8, 4) is 6.07 Å². The minimum Gasteiger partial charge on any atom is -0.368 e. The van der Waals surface area contributed by atoms with Gasteiger partial charge in [-0.1, -0.05) is 0 Å². The van der Waals surface area contributed by atoms with Crippen LogP contribution in [0.5, 0.6) is 0 Å². The van der Waals surface area contributed by atoms with E-state index < -0.39 is 0 Å². The van der Waals surface area contributed by atoms with Crippen LogP contribution < -0.4 is 10.2 Å². The summed E-state index contributed by atoms with van der Waals surface area (Å²) in [5, 5.41) is 29.8. The molecule has 126 valence electrons. The van der Waals surface area contributed by atoms with Crippen molar-refractivity contribution in [3.63, 3.8) is 0 Å². The van der Waals surface area contributed by atoms with Gasteiger partial charge >= 0.3 is 0 Å². The topological polar surface area (TPSA) is 123 Å². The van der Waals surface area contributed by atoms with Crippen molar-refractivity contribution in [2.24, 2.45) is 0 Å². The van der Waals surface area contributed by atoms with Crippen LogP contribution in [0.15, 0.2) is 18.5 Å². The fourth-order valence-electron chi connectivity index (χ4n) is 3.34. The minimum atomic E-state index is -0.231. The molecule has 1 aliphatic rings. The van der Waals surface area contributed by atoms with Gasteiger partial charge in [0.25, 0.3) is 0 Å². The lowest BCUT2D eigenvalue weighted by Crippen LogP contribution is -2.47. The lowest BCUT2D eigenvalue weighted by molar-refractivity contribution is -0.120. The summed E-state index contributed by atoms with van der Waals surface area (Å²) in [7, 11) is 0. The first-order chi connectivity index (χ1) is 12.3. The Balaban J connectivity index is 1.68. The third-order valence-electron chi connectivity index (χ3n) is 4.42. The van der Waals surface area contributed by atoms with Crippen molar-refractivity contribution >= 4 is 33.7 Å². The summed E-state index contributed by atoms with van der Waals surface area (Å²) in [4.78, 5) is 17.0. The maximum absolute atomic E-state index is 11.7. The van der Waals surface area contributed by atoms with Crippen LogP contribution in [0, 0.1) is 11.3 Å². The SMILES string of the molecule is N#CCC(=O)NC1CCCN(c2cnnc3nnc4[nH]ccc4c23)C1. The summed E-state index contributed by atoms with van der Waals surface area (Å²) >= 11 is 0. The second-order valence-corrected chi connectivity index (χ2v) is 6.06. The van der Waals surface area contributed by atoms with Gasteiger partial charge in [0.05, 0.1) is 23.3 Å². The Morgan fingerprint density at radius 3 is 3.24 bits per heavy atom. The highest BCUT2D eigenvalue weighted by atomic mass is 16.1. The first-order valence-corrected chi connectivity index (χ1v) is 8.12. The molecule has 1 unspecified atom stereocenters. The van der Waals surface area contributed by atoms with Crippen LogP contribution in [0.1, 0.15) is 19.3 Å². The monoisotopic (exact) mass is 336 g/mol. The fraction of sp³-hybridized carbons (Fsp3) is 0.375. The van der Waals surface area contributed by atoms with Crippen LogP contribution in [0.2, 0.25) is 0 Å². The van der Waals surface area contributed by atoms with E-state index in [-0.39, 0.29) is 18.4 Å². The highest BCUT2D eigenvalue weighted by Crippen LogP contribution is 2.30. The molecule has 9 heteroatoms. The predicted molar refractivity (Wildman–Crippen MR) is 90.6 cm³/mol. The zero-order valence-corrected chi connectivity index (χ0v) is 13.4. The van der Waals surface area contributed by atoms with Crippen molar-refractivity contribution in [1.82, 2.24) is 30.7 Å². The zero-order valence-electron chi connectivity index (χ0n) is 13.4. The van der Waals surface area contributed by atoms with Gasteiger partial charge in [-0.05, 0) is 18.9 Å². The van der Waals surface area contributed by atoms with E-state index in [1.807, 2.05) is 18.3 Å². The van der Waals surface area contributed by atoms with Gasteiger partial charge in [0.1, 0.15) is 6.42 Å². The van der Waals surface area contributed by atoms with Gasteiger partial charge in [0, 0.05) is 30.7 Å². The summed E-state index contributed by atoms with van der Waals surface area (Å²) < 4.78 is 0. The van der Waals surface area contributed by atoms with Gasteiger partial charge in [0.2, 0.25) is 11.6 Å². The number of hydrogen-bond donors (Lipinski definition) is 2. The maximum atomic E-state index is 11.7. The number of nitriles is 1. The Morgan fingerprint density at radius 1 is 1.44 bits per heavy atom. The van der Waals surface area contributed by atoms with Crippen LogP contribution in [0.25, 0.3) is 22.1 Å². The second-order valence-electron chi connectivity index (χ2n) is 6.06. The standard InChI is InChI=1S/C16H16N8O/c17-5-3-13(25)20-10-2-1-7-24(9-10)12-8-19-21-16-14(12)11-4-6-18-15(11)22-23-16/h4,6,8,10H,1-3,7,9H2,(H,18,22)(H,20,25). The molecule has 0 aromatic carbocycles. The molecule has 0 radical (unpaired) electrons. The average molecular weight is 336 g/mol. The molecule has 4 rings (SSSR count). The highest BCUT2D eigenvalue weighted by molar-refractivity contribution is 6.08. The van der Waals surface area contributed by atoms with Crippen molar-refractivity contribution in [1.29, 1.82) is 5.26 Å². The maximum Gasteiger partial charge on any atom is 0.234 e. The lowest BCUT2D eigenvalue weighted by Gasteiger charge is -2.34. The number of rotatable bonds is 3. The number of carbonyl (C=O) groups excluding carboxylic acids is 1. The van der Waals surface area contributed by atoms with Gasteiger partial charge < -0.3 is 15.2 Å². The first kappa shape index (κ1) is 15.3. The Kier molecular flexibility index (Phi) is 3.85. The van der Waals surface area contributed by atoms with Crippen LogP contribution in [0.3, 0.4) is 0 Å². The molecule has 3 aromatic rings. The molecule has 0 aliphatic carbocycles. The number of nitrogens with one attached hydrogen (secondary N) is 2. The van der Waals surface area contributed by atoms with Gasteiger partial charge in [0.15, 0.2) is 5.65 Å². The highest BCUT2D eigenvalue weighted by Gasteiger charge is 2.24. The van der Waals surface area contributed by atoms with Crippen molar-refractivity contribution in [3.05, 3.63) is 18.5 Å². The molecule has 1 aliphatic heterocycles. The third kappa shape index (κ3) is 2.82. The van der Waals surface area contributed by atoms with Gasteiger partial charge in [-0.2, -0.15) is 10.4 Å². The summed E-state index contributed by atoms with van der Waals surface area (Å²) in [6, 6.07) is 3.84. The number of hydrogen-bond acceptors (Lipinski definition) is 7. The normalized spacial score (nSPS) is 17.6. The quantitative estimate of drug-likeness (QED) is 0.728. The number of carbonyl (C=O) groups is 1. The average Bonchev–Trinajstić information content (AvgIpc) is 3.10. The van der Waals surface area contributed by atoms with E-state index >= 15 is 0 Å². The smallest absolute Gasteiger partial charge is 0.234 e. The molecule has 0 bridgehead atoms.